The van der Waals surface area contributed by atoms with E-state index in [0.717, 1.165) is 0 Å². The average molecular weight is 284 g/mol. The highest BCUT2D eigenvalue weighted by Crippen LogP contribution is 2.21. The van der Waals surface area contributed by atoms with Crippen LogP contribution in [-0.4, -0.2) is 28.1 Å². The van der Waals surface area contributed by atoms with E-state index in [9.17, 15) is 13.2 Å². The molecule has 0 radical (unpaired) electrons. The van der Waals surface area contributed by atoms with Gasteiger partial charge in [-0.15, -0.1) is 0 Å². The Hall–Kier alpha value is -1.82. The van der Waals surface area contributed by atoms with Gasteiger partial charge >= 0.3 is 5.97 Å². The van der Waals surface area contributed by atoms with Gasteiger partial charge in [-0.25, -0.2) is 13.2 Å². The zero-order valence-electron chi connectivity index (χ0n) is 10.9. The second-order valence-electron chi connectivity index (χ2n) is 3.74. The predicted molar refractivity (Wildman–Crippen MR) is 70.6 cm³/mol. The average Bonchev–Trinajstić information content (AvgIpc) is 2.43. The summed E-state index contributed by atoms with van der Waals surface area (Å²) in [5.41, 5.74) is 0. The second kappa shape index (κ2) is 6.38. The Morgan fingerprint density at radius 1 is 1.26 bits per heavy atom. The summed E-state index contributed by atoms with van der Waals surface area (Å²) < 4.78 is 33.9. The molecule has 6 heteroatoms. The summed E-state index contributed by atoms with van der Waals surface area (Å²) in [6.45, 7) is 5.28. The van der Waals surface area contributed by atoms with E-state index in [4.69, 9.17) is 9.47 Å². The molecule has 0 aliphatic carbocycles. The maximum atomic E-state index is 12.1. The molecule has 0 saturated heterocycles. The van der Waals surface area contributed by atoms with Crippen LogP contribution in [-0.2, 0) is 19.4 Å². The number of hydrogen-bond donors (Lipinski definition) is 0. The first kappa shape index (κ1) is 15.2. The zero-order valence-corrected chi connectivity index (χ0v) is 11.7. The number of methoxy groups -OCH3 is 1. The summed E-state index contributed by atoms with van der Waals surface area (Å²) >= 11 is 0. The van der Waals surface area contributed by atoms with Crippen LogP contribution in [0.5, 0.6) is 5.75 Å². The number of carbonyl (C=O) groups is 1. The first-order valence-corrected chi connectivity index (χ1v) is 7.17. The normalized spacial score (nSPS) is 10.8. The van der Waals surface area contributed by atoms with E-state index >= 15 is 0 Å². The number of carbonyl (C=O) groups excluding carboxylic acids is 1. The zero-order chi connectivity index (χ0) is 14.5. The molecule has 0 aliphatic rings. The molecule has 1 aromatic carbocycles. The van der Waals surface area contributed by atoms with Crippen molar-refractivity contribution in [1.82, 2.24) is 0 Å². The van der Waals surface area contributed by atoms with Gasteiger partial charge in [-0.1, -0.05) is 13.5 Å². The number of ether oxygens (including phenoxy) is 2. The number of rotatable bonds is 6. The Balaban J connectivity index is 2.96. The Morgan fingerprint density at radius 2 is 1.84 bits per heavy atom. The molecule has 0 heterocycles. The van der Waals surface area contributed by atoms with Crippen LogP contribution in [0.1, 0.15) is 13.3 Å². The minimum atomic E-state index is -3.92. The molecule has 0 atom stereocenters. The molecule has 0 unspecified atom stereocenters. The lowest BCUT2D eigenvalue weighted by Gasteiger charge is -2.08. The topological polar surface area (TPSA) is 69.7 Å². The number of hydrogen-bond acceptors (Lipinski definition) is 5. The molecule has 0 saturated carbocycles. The fourth-order valence-corrected chi connectivity index (χ4v) is 2.34. The van der Waals surface area contributed by atoms with Crippen molar-refractivity contribution in [3.05, 3.63) is 35.7 Å². The van der Waals surface area contributed by atoms with E-state index in [1.165, 1.54) is 31.4 Å². The van der Waals surface area contributed by atoms with Crippen LogP contribution >= 0.6 is 0 Å². The van der Waals surface area contributed by atoms with Gasteiger partial charge in [0.05, 0.1) is 18.6 Å². The molecule has 0 aromatic heterocycles. The third kappa shape index (κ3) is 3.57. The molecular weight excluding hydrogens is 268 g/mol. The summed E-state index contributed by atoms with van der Waals surface area (Å²) in [5.74, 6) is -0.393. The van der Waals surface area contributed by atoms with Gasteiger partial charge in [0, 0.05) is 0 Å². The minimum absolute atomic E-state index is 0.0215. The quantitative estimate of drug-likeness (QED) is 0.589. The molecule has 104 valence electrons. The highest BCUT2D eigenvalue weighted by molar-refractivity contribution is 7.96. The molecule has 1 rings (SSSR count). The standard InChI is InChI=1S/C13H16O5S/c1-4-9-18-13(14)10(2)19(15,16)12-7-5-11(17-3)6-8-12/h5-8H,2,4,9H2,1,3H3. The van der Waals surface area contributed by atoms with Crippen molar-refractivity contribution in [2.75, 3.05) is 13.7 Å². The monoisotopic (exact) mass is 284 g/mol. The summed E-state index contributed by atoms with van der Waals surface area (Å²) in [6.07, 6.45) is 0.613. The highest BCUT2D eigenvalue weighted by atomic mass is 32.2. The molecule has 0 bridgehead atoms. The molecule has 0 spiro atoms. The van der Waals surface area contributed by atoms with Gasteiger partial charge in [0.15, 0.2) is 0 Å². The Morgan fingerprint density at radius 3 is 2.32 bits per heavy atom. The molecule has 0 fully saturated rings. The Kier molecular flexibility index (Phi) is 5.11. The third-order valence-electron chi connectivity index (χ3n) is 2.36. The minimum Gasteiger partial charge on any atom is -0.497 e. The highest BCUT2D eigenvalue weighted by Gasteiger charge is 2.26. The third-order valence-corrected chi connectivity index (χ3v) is 4.07. The van der Waals surface area contributed by atoms with Gasteiger partial charge < -0.3 is 9.47 Å². The summed E-state index contributed by atoms with van der Waals surface area (Å²) in [5, 5.41) is 0. The second-order valence-corrected chi connectivity index (χ2v) is 5.71. The van der Waals surface area contributed by atoms with Crippen LogP contribution in [0.4, 0.5) is 0 Å². The lowest BCUT2D eigenvalue weighted by Crippen LogP contribution is -2.16. The maximum absolute atomic E-state index is 12.1. The summed E-state index contributed by atoms with van der Waals surface area (Å²) in [7, 11) is -2.44. The van der Waals surface area contributed by atoms with E-state index in [2.05, 4.69) is 6.58 Å². The first-order valence-electron chi connectivity index (χ1n) is 5.68. The van der Waals surface area contributed by atoms with Crippen molar-refractivity contribution < 1.29 is 22.7 Å². The number of sulfone groups is 1. The molecular formula is C13H16O5S. The van der Waals surface area contributed by atoms with E-state index < -0.39 is 20.7 Å². The Bertz CT molecular complexity index is 557. The van der Waals surface area contributed by atoms with Crippen molar-refractivity contribution in [2.45, 2.75) is 18.2 Å². The molecule has 0 N–H and O–H groups in total. The van der Waals surface area contributed by atoms with Crippen molar-refractivity contribution in [3.8, 4) is 5.75 Å². The fraction of sp³-hybridized carbons (Fsp3) is 0.308. The van der Waals surface area contributed by atoms with Crippen LogP contribution < -0.4 is 4.74 Å². The maximum Gasteiger partial charge on any atom is 0.349 e. The first-order chi connectivity index (χ1) is 8.93. The van der Waals surface area contributed by atoms with E-state index in [1.807, 2.05) is 6.92 Å². The number of esters is 1. The molecule has 19 heavy (non-hydrogen) atoms. The van der Waals surface area contributed by atoms with Crippen LogP contribution in [0.2, 0.25) is 0 Å². The molecule has 1 aromatic rings. The van der Waals surface area contributed by atoms with Gasteiger partial charge in [-0.05, 0) is 30.7 Å². The van der Waals surface area contributed by atoms with Gasteiger partial charge in [0.25, 0.3) is 0 Å². The lowest BCUT2D eigenvalue weighted by atomic mass is 10.3. The fourth-order valence-electron chi connectivity index (χ4n) is 1.28. The van der Waals surface area contributed by atoms with Crippen LogP contribution in [0.25, 0.3) is 0 Å². The Labute approximate surface area is 112 Å². The van der Waals surface area contributed by atoms with Gasteiger partial charge in [0.2, 0.25) is 9.84 Å². The van der Waals surface area contributed by atoms with Crippen molar-refractivity contribution in [2.24, 2.45) is 0 Å². The van der Waals surface area contributed by atoms with E-state index in [1.54, 1.807) is 0 Å². The van der Waals surface area contributed by atoms with Crippen LogP contribution in [0.3, 0.4) is 0 Å². The van der Waals surface area contributed by atoms with Gasteiger partial charge in [-0.2, -0.15) is 0 Å². The van der Waals surface area contributed by atoms with Gasteiger partial charge in [0.1, 0.15) is 10.7 Å². The SMILES string of the molecule is C=C(C(=O)OCCC)S(=O)(=O)c1ccc(OC)cc1. The molecule has 0 amide bonds. The van der Waals surface area contributed by atoms with Crippen LogP contribution in [0, 0.1) is 0 Å². The van der Waals surface area contributed by atoms with E-state index in [-0.39, 0.29) is 11.5 Å². The lowest BCUT2D eigenvalue weighted by molar-refractivity contribution is -0.138. The van der Waals surface area contributed by atoms with Crippen molar-refractivity contribution >= 4 is 15.8 Å². The van der Waals surface area contributed by atoms with Crippen molar-refractivity contribution in [1.29, 1.82) is 0 Å². The van der Waals surface area contributed by atoms with Crippen molar-refractivity contribution in [3.63, 3.8) is 0 Å². The molecule has 0 aliphatic heterocycles. The van der Waals surface area contributed by atoms with E-state index in [0.29, 0.717) is 12.2 Å². The summed E-state index contributed by atoms with van der Waals surface area (Å²) in [4.78, 5) is 10.9. The van der Waals surface area contributed by atoms with Crippen LogP contribution in [0.15, 0.2) is 40.6 Å². The summed E-state index contributed by atoms with van der Waals surface area (Å²) in [6, 6.07) is 5.70. The smallest absolute Gasteiger partial charge is 0.349 e. The molecule has 5 nitrogen and oxygen atoms in total. The predicted octanol–water partition coefficient (Wildman–Crippen LogP) is 1.94. The number of benzene rings is 1. The van der Waals surface area contributed by atoms with Gasteiger partial charge in [-0.3, -0.25) is 0 Å². The largest absolute Gasteiger partial charge is 0.497 e.